The average Bonchev–Trinajstić information content (AvgIpc) is 2.74. The molecular formula is C11H18O3. The zero-order valence-electron chi connectivity index (χ0n) is 8.61. The molecule has 2 fully saturated rings. The number of hydrogen-bond acceptors (Lipinski definition) is 2. The molecule has 4 atom stereocenters. The summed E-state index contributed by atoms with van der Waals surface area (Å²) in [6.45, 7) is 2.25. The second kappa shape index (κ2) is 3.89. The van der Waals surface area contributed by atoms with Crippen molar-refractivity contribution < 1.29 is 14.6 Å². The highest BCUT2D eigenvalue weighted by molar-refractivity contribution is 5.71. The number of carboxylic acids is 1. The van der Waals surface area contributed by atoms with Crippen molar-refractivity contribution in [1.29, 1.82) is 0 Å². The molecule has 1 N–H and O–H groups in total. The maximum atomic E-state index is 10.5. The monoisotopic (exact) mass is 198 g/mol. The lowest BCUT2D eigenvalue weighted by Crippen LogP contribution is -2.25. The molecule has 2 aliphatic carbocycles. The molecule has 0 aromatic rings. The predicted molar refractivity (Wildman–Crippen MR) is 52.0 cm³/mol. The maximum absolute atomic E-state index is 10.5. The molecule has 0 saturated heterocycles. The van der Waals surface area contributed by atoms with Gasteiger partial charge in [0, 0.05) is 0 Å². The Kier molecular flexibility index (Phi) is 2.77. The summed E-state index contributed by atoms with van der Waals surface area (Å²) in [5.41, 5.74) is 0. The normalized spacial score (nSPS) is 37.4. The van der Waals surface area contributed by atoms with Gasteiger partial charge >= 0.3 is 5.97 Å². The first kappa shape index (κ1) is 9.97. The van der Waals surface area contributed by atoms with Gasteiger partial charge < -0.3 is 9.84 Å². The largest absolute Gasteiger partial charge is 0.479 e. The second-order valence-electron chi connectivity index (χ2n) is 4.75. The Morgan fingerprint density at radius 1 is 1.50 bits per heavy atom. The van der Waals surface area contributed by atoms with E-state index in [4.69, 9.17) is 9.84 Å². The van der Waals surface area contributed by atoms with E-state index in [0.29, 0.717) is 12.5 Å². The third kappa shape index (κ3) is 1.92. The molecule has 0 aromatic carbocycles. The van der Waals surface area contributed by atoms with Crippen LogP contribution in [0.25, 0.3) is 0 Å². The molecule has 0 radical (unpaired) electrons. The Balaban J connectivity index is 1.74. The minimum absolute atomic E-state index is 0.635. The molecule has 0 amide bonds. The van der Waals surface area contributed by atoms with E-state index in [1.807, 2.05) is 0 Å². The van der Waals surface area contributed by atoms with Gasteiger partial charge in [-0.25, -0.2) is 4.79 Å². The van der Waals surface area contributed by atoms with Crippen molar-refractivity contribution in [3.63, 3.8) is 0 Å². The molecule has 0 heterocycles. The summed E-state index contributed by atoms with van der Waals surface area (Å²) in [4.78, 5) is 10.5. The van der Waals surface area contributed by atoms with Gasteiger partial charge in [-0.2, -0.15) is 0 Å². The fraction of sp³-hybridized carbons (Fsp3) is 0.909. The summed E-state index contributed by atoms with van der Waals surface area (Å²) in [5, 5.41) is 8.66. The zero-order valence-corrected chi connectivity index (χ0v) is 8.61. The number of ether oxygens (including phenoxy) is 1. The third-order valence-corrected chi connectivity index (χ3v) is 3.79. The standard InChI is InChI=1S/C11H18O3/c1-7(11(12)13)14-6-10-5-8-2-3-9(10)4-8/h7-10H,2-6H2,1H3,(H,12,13)/t7-,8?,9?,10?/m0/s1. The van der Waals surface area contributed by atoms with E-state index in [2.05, 4.69) is 0 Å². The summed E-state index contributed by atoms with van der Waals surface area (Å²) in [5.74, 6) is 1.51. The number of rotatable bonds is 4. The van der Waals surface area contributed by atoms with E-state index in [9.17, 15) is 4.79 Å². The van der Waals surface area contributed by atoms with Crippen LogP contribution in [0.5, 0.6) is 0 Å². The topological polar surface area (TPSA) is 46.5 Å². The van der Waals surface area contributed by atoms with Gasteiger partial charge in [-0.1, -0.05) is 6.42 Å². The summed E-state index contributed by atoms with van der Waals surface area (Å²) in [6, 6.07) is 0. The fourth-order valence-corrected chi connectivity index (χ4v) is 2.92. The van der Waals surface area contributed by atoms with Crippen LogP contribution in [0.1, 0.15) is 32.6 Å². The van der Waals surface area contributed by atoms with Gasteiger partial charge in [-0.05, 0) is 43.9 Å². The molecule has 3 nitrogen and oxygen atoms in total. The van der Waals surface area contributed by atoms with Crippen LogP contribution in [0.2, 0.25) is 0 Å². The number of fused-ring (bicyclic) bond motifs is 2. The SMILES string of the molecule is C[C@H](OCC1CC2CCC1C2)C(=O)O. The third-order valence-electron chi connectivity index (χ3n) is 3.79. The van der Waals surface area contributed by atoms with Gasteiger partial charge in [0.1, 0.15) is 0 Å². The average molecular weight is 198 g/mol. The molecule has 2 aliphatic rings. The van der Waals surface area contributed by atoms with Crippen molar-refractivity contribution in [2.75, 3.05) is 6.61 Å². The molecule has 3 heteroatoms. The molecule has 0 aromatic heterocycles. The van der Waals surface area contributed by atoms with Gasteiger partial charge in [-0.3, -0.25) is 0 Å². The van der Waals surface area contributed by atoms with E-state index in [0.717, 1.165) is 11.8 Å². The van der Waals surface area contributed by atoms with Crippen molar-refractivity contribution >= 4 is 5.97 Å². The van der Waals surface area contributed by atoms with Gasteiger partial charge in [0.2, 0.25) is 0 Å². The van der Waals surface area contributed by atoms with Gasteiger partial charge in [0.05, 0.1) is 6.61 Å². The quantitative estimate of drug-likeness (QED) is 0.750. The number of carbonyl (C=O) groups is 1. The van der Waals surface area contributed by atoms with Crippen LogP contribution in [0, 0.1) is 17.8 Å². The Hall–Kier alpha value is -0.570. The molecular weight excluding hydrogens is 180 g/mol. The molecule has 2 rings (SSSR count). The van der Waals surface area contributed by atoms with E-state index in [1.165, 1.54) is 25.7 Å². The minimum Gasteiger partial charge on any atom is -0.479 e. The highest BCUT2D eigenvalue weighted by Gasteiger charge is 2.39. The zero-order chi connectivity index (χ0) is 10.1. The molecule has 2 bridgehead atoms. The van der Waals surface area contributed by atoms with Gasteiger partial charge in [-0.15, -0.1) is 0 Å². The van der Waals surface area contributed by atoms with Crippen LogP contribution in [0.4, 0.5) is 0 Å². The smallest absolute Gasteiger partial charge is 0.332 e. The van der Waals surface area contributed by atoms with E-state index < -0.39 is 12.1 Å². The molecule has 3 unspecified atom stereocenters. The summed E-state index contributed by atoms with van der Waals surface area (Å²) in [7, 11) is 0. The summed E-state index contributed by atoms with van der Waals surface area (Å²) in [6.07, 6.45) is 4.69. The second-order valence-corrected chi connectivity index (χ2v) is 4.75. The van der Waals surface area contributed by atoms with Gasteiger partial charge in [0.15, 0.2) is 6.10 Å². The molecule has 0 aliphatic heterocycles. The van der Waals surface area contributed by atoms with Crippen LogP contribution in [-0.4, -0.2) is 23.8 Å². The molecule has 0 spiro atoms. The number of aliphatic carboxylic acids is 1. The fourth-order valence-electron chi connectivity index (χ4n) is 2.92. The molecule has 14 heavy (non-hydrogen) atoms. The Bertz CT molecular complexity index is 227. The van der Waals surface area contributed by atoms with Gasteiger partial charge in [0.25, 0.3) is 0 Å². The summed E-state index contributed by atoms with van der Waals surface area (Å²) < 4.78 is 5.34. The summed E-state index contributed by atoms with van der Waals surface area (Å²) >= 11 is 0. The lowest BCUT2D eigenvalue weighted by atomic mass is 9.89. The first-order valence-electron chi connectivity index (χ1n) is 5.51. The van der Waals surface area contributed by atoms with Crippen molar-refractivity contribution in [2.45, 2.75) is 38.7 Å². The predicted octanol–water partition coefficient (Wildman–Crippen LogP) is 1.91. The number of hydrogen-bond donors (Lipinski definition) is 1. The van der Waals surface area contributed by atoms with Crippen molar-refractivity contribution in [3.8, 4) is 0 Å². The Labute approximate surface area is 84.4 Å². The van der Waals surface area contributed by atoms with E-state index in [1.54, 1.807) is 6.92 Å². The highest BCUT2D eigenvalue weighted by Crippen LogP contribution is 2.48. The lowest BCUT2D eigenvalue weighted by molar-refractivity contribution is -0.150. The first-order chi connectivity index (χ1) is 6.66. The number of carboxylic acid groups (broad SMARTS) is 1. The Morgan fingerprint density at radius 2 is 2.29 bits per heavy atom. The highest BCUT2D eigenvalue weighted by atomic mass is 16.5. The first-order valence-corrected chi connectivity index (χ1v) is 5.51. The lowest BCUT2D eigenvalue weighted by Gasteiger charge is -2.22. The maximum Gasteiger partial charge on any atom is 0.332 e. The Morgan fingerprint density at radius 3 is 2.79 bits per heavy atom. The van der Waals surface area contributed by atoms with Crippen LogP contribution in [0.3, 0.4) is 0 Å². The van der Waals surface area contributed by atoms with E-state index >= 15 is 0 Å². The molecule has 80 valence electrons. The van der Waals surface area contributed by atoms with Crippen LogP contribution < -0.4 is 0 Å². The molecule has 2 saturated carbocycles. The van der Waals surface area contributed by atoms with Crippen molar-refractivity contribution in [1.82, 2.24) is 0 Å². The van der Waals surface area contributed by atoms with Crippen LogP contribution in [-0.2, 0) is 9.53 Å². The van der Waals surface area contributed by atoms with E-state index in [-0.39, 0.29) is 0 Å². The van der Waals surface area contributed by atoms with Crippen molar-refractivity contribution in [3.05, 3.63) is 0 Å². The van der Waals surface area contributed by atoms with Crippen LogP contribution in [0.15, 0.2) is 0 Å². The van der Waals surface area contributed by atoms with Crippen molar-refractivity contribution in [2.24, 2.45) is 17.8 Å². The minimum atomic E-state index is -0.854. The van der Waals surface area contributed by atoms with Crippen LogP contribution >= 0.6 is 0 Å².